The molecule has 20 heavy (non-hydrogen) atoms. The summed E-state index contributed by atoms with van der Waals surface area (Å²) in [5, 5.41) is 0. The van der Waals surface area contributed by atoms with Gasteiger partial charge in [0, 0.05) is 18.7 Å². The maximum Gasteiger partial charge on any atom is 0.253 e. The molecule has 3 aliphatic rings. The molecule has 0 N–H and O–H groups in total. The fraction of sp³-hybridized carbons (Fsp3) is 0.533. The van der Waals surface area contributed by atoms with Gasteiger partial charge in [0.05, 0.1) is 6.20 Å². The number of nitrogens with zero attached hydrogens (tertiary/aromatic N) is 4. The molecule has 1 aromatic rings. The van der Waals surface area contributed by atoms with Gasteiger partial charge < -0.3 is 4.90 Å². The van der Waals surface area contributed by atoms with Gasteiger partial charge in [0.1, 0.15) is 17.6 Å². The molecular weight excluding hydrogens is 252 g/mol. The lowest BCUT2D eigenvalue weighted by Crippen LogP contribution is -2.54. The summed E-state index contributed by atoms with van der Waals surface area (Å²) in [5.74, 6) is 2.49. The van der Waals surface area contributed by atoms with E-state index in [0.717, 1.165) is 43.1 Å². The monoisotopic (exact) mass is 270 g/mol. The first-order chi connectivity index (χ1) is 9.79. The van der Waals surface area contributed by atoms with E-state index in [1.165, 1.54) is 12.8 Å². The largest absolute Gasteiger partial charge is 0.343 e. The van der Waals surface area contributed by atoms with Gasteiger partial charge in [0.25, 0.3) is 5.91 Å². The first-order valence-electron chi connectivity index (χ1n) is 7.39. The number of rotatable bonds is 2. The predicted octanol–water partition coefficient (Wildman–Crippen LogP) is 2.20. The molecule has 1 aromatic heterocycles. The molecule has 0 aromatic carbocycles. The van der Waals surface area contributed by atoms with E-state index < -0.39 is 0 Å². The van der Waals surface area contributed by atoms with E-state index in [4.69, 9.17) is 4.98 Å². The number of hydrogen-bond acceptors (Lipinski definition) is 4. The molecule has 0 bridgehead atoms. The Morgan fingerprint density at radius 1 is 1.30 bits per heavy atom. The highest BCUT2D eigenvalue weighted by atomic mass is 16.2. The molecule has 2 aliphatic heterocycles. The minimum atomic E-state index is -0.0730. The summed E-state index contributed by atoms with van der Waals surface area (Å²) in [6, 6.07) is -0.0730. The van der Waals surface area contributed by atoms with Crippen LogP contribution in [-0.2, 0) is 4.79 Å². The highest BCUT2D eigenvalue weighted by Crippen LogP contribution is 2.42. The first kappa shape index (κ1) is 11.9. The van der Waals surface area contributed by atoms with Crippen LogP contribution in [0.3, 0.4) is 0 Å². The Morgan fingerprint density at radius 3 is 2.90 bits per heavy atom. The van der Waals surface area contributed by atoms with Crippen LogP contribution in [0.25, 0.3) is 0 Å². The Kier molecular flexibility index (Phi) is 2.55. The van der Waals surface area contributed by atoms with Gasteiger partial charge in [0.2, 0.25) is 0 Å². The van der Waals surface area contributed by atoms with Crippen molar-refractivity contribution in [3.63, 3.8) is 0 Å². The molecule has 1 saturated heterocycles. The van der Waals surface area contributed by atoms with Crippen LogP contribution in [0.5, 0.6) is 0 Å². The first-order valence-corrected chi connectivity index (χ1v) is 7.39. The Balaban J connectivity index is 1.83. The average Bonchev–Trinajstić information content (AvgIpc) is 3.32. The fourth-order valence-corrected chi connectivity index (χ4v) is 3.21. The normalized spacial score (nSPS) is 25.2. The minimum Gasteiger partial charge on any atom is -0.343 e. The van der Waals surface area contributed by atoms with E-state index in [1.54, 1.807) is 17.3 Å². The zero-order valence-corrected chi connectivity index (χ0v) is 11.5. The van der Waals surface area contributed by atoms with Crippen LogP contribution < -0.4 is 9.80 Å². The van der Waals surface area contributed by atoms with E-state index in [1.807, 2.05) is 0 Å². The van der Waals surface area contributed by atoms with Crippen LogP contribution in [0.15, 0.2) is 19.0 Å². The van der Waals surface area contributed by atoms with Crippen molar-refractivity contribution in [3.8, 4) is 0 Å². The van der Waals surface area contributed by atoms with Gasteiger partial charge in [0.15, 0.2) is 5.82 Å². The number of piperidine rings is 1. The standard InChI is InChI=1S/C15H18N4O/c1-2-18-12-9-16-13(10-6-7-10)17-14(12)19-8-4-3-5-11(19)15(18)20/h2,9-11H,1,3-8H2/t11-/m1/s1. The number of aromatic nitrogens is 2. The zero-order valence-electron chi connectivity index (χ0n) is 11.5. The highest BCUT2D eigenvalue weighted by molar-refractivity contribution is 6.05. The second-order valence-corrected chi connectivity index (χ2v) is 5.81. The summed E-state index contributed by atoms with van der Waals surface area (Å²) in [6.07, 6.45) is 8.89. The van der Waals surface area contributed by atoms with Crippen LogP contribution >= 0.6 is 0 Å². The lowest BCUT2D eigenvalue weighted by atomic mass is 9.98. The third kappa shape index (κ3) is 1.65. The van der Waals surface area contributed by atoms with E-state index in [2.05, 4.69) is 16.5 Å². The minimum absolute atomic E-state index is 0.0730. The quantitative estimate of drug-likeness (QED) is 0.826. The molecule has 0 spiro atoms. The highest BCUT2D eigenvalue weighted by Gasteiger charge is 2.40. The molecule has 1 amide bonds. The van der Waals surface area contributed by atoms with Gasteiger partial charge in [-0.15, -0.1) is 0 Å². The molecule has 1 aliphatic carbocycles. The van der Waals surface area contributed by atoms with E-state index in [9.17, 15) is 4.79 Å². The van der Waals surface area contributed by atoms with Crippen molar-refractivity contribution in [2.45, 2.75) is 44.1 Å². The molecule has 2 fully saturated rings. The number of carbonyl (C=O) groups excluding carboxylic acids is 1. The third-order valence-corrected chi connectivity index (χ3v) is 4.45. The van der Waals surface area contributed by atoms with Crippen molar-refractivity contribution in [2.24, 2.45) is 0 Å². The molecule has 104 valence electrons. The van der Waals surface area contributed by atoms with Crippen molar-refractivity contribution in [2.75, 3.05) is 16.3 Å². The van der Waals surface area contributed by atoms with E-state index in [-0.39, 0.29) is 11.9 Å². The molecule has 5 nitrogen and oxygen atoms in total. The summed E-state index contributed by atoms with van der Waals surface area (Å²) in [7, 11) is 0. The zero-order chi connectivity index (χ0) is 13.7. The number of anilines is 2. The number of fused-ring (bicyclic) bond motifs is 3. The van der Waals surface area contributed by atoms with E-state index in [0.29, 0.717) is 5.92 Å². The number of amides is 1. The van der Waals surface area contributed by atoms with Gasteiger partial charge in [-0.25, -0.2) is 9.97 Å². The lowest BCUT2D eigenvalue weighted by molar-refractivity contribution is -0.120. The van der Waals surface area contributed by atoms with Crippen LogP contribution in [0.4, 0.5) is 11.5 Å². The van der Waals surface area contributed by atoms with E-state index >= 15 is 0 Å². The maximum absolute atomic E-state index is 12.5. The van der Waals surface area contributed by atoms with Crippen LogP contribution in [-0.4, -0.2) is 28.5 Å². The van der Waals surface area contributed by atoms with Gasteiger partial charge in [-0.05, 0) is 32.1 Å². The summed E-state index contributed by atoms with van der Waals surface area (Å²) >= 11 is 0. The maximum atomic E-state index is 12.5. The molecule has 3 heterocycles. The molecular formula is C15H18N4O. The number of carbonyl (C=O) groups is 1. The summed E-state index contributed by atoms with van der Waals surface area (Å²) in [5.41, 5.74) is 0.785. The molecule has 1 saturated carbocycles. The van der Waals surface area contributed by atoms with Gasteiger partial charge in [-0.1, -0.05) is 6.58 Å². The molecule has 0 radical (unpaired) electrons. The van der Waals surface area contributed by atoms with Crippen molar-refractivity contribution >= 4 is 17.4 Å². The SMILES string of the molecule is C=CN1C(=O)[C@H]2CCCCN2c2nc(C3CC3)ncc21. The van der Waals surface area contributed by atoms with Crippen LogP contribution in [0.1, 0.15) is 43.8 Å². The second-order valence-electron chi connectivity index (χ2n) is 5.81. The van der Waals surface area contributed by atoms with Crippen molar-refractivity contribution in [1.82, 2.24) is 9.97 Å². The Bertz CT molecular complexity index is 581. The van der Waals surface area contributed by atoms with Crippen LogP contribution in [0, 0.1) is 0 Å². The topological polar surface area (TPSA) is 49.3 Å². The summed E-state index contributed by atoms with van der Waals surface area (Å²) in [6.45, 7) is 4.68. The van der Waals surface area contributed by atoms with Gasteiger partial charge in [-0.2, -0.15) is 0 Å². The Labute approximate surface area is 118 Å². The van der Waals surface area contributed by atoms with Crippen molar-refractivity contribution < 1.29 is 4.79 Å². The van der Waals surface area contributed by atoms with Gasteiger partial charge >= 0.3 is 0 Å². The molecule has 0 unspecified atom stereocenters. The Hall–Kier alpha value is -1.91. The van der Waals surface area contributed by atoms with Crippen molar-refractivity contribution in [3.05, 3.63) is 24.8 Å². The van der Waals surface area contributed by atoms with Crippen LogP contribution in [0.2, 0.25) is 0 Å². The average molecular weight is 270 g/mol. The lowest BCUT2D eigenvalue weighted by Gasteiger charge is -2.43. The smallest absolute Gasteiger partial charge is 0.253 e. The summed E-state index contributed by atoms with van der Waals surface area (Å²) < 4.78 is 0. The number of hydrogen-bond donors (Lipinski definition) is 0. The third-order valence-electron chi connectivity index (χ3n) is 4.45. The summed E-state index contributed by atoms with van der Waals surface area (Å²) in [4.78, 5) is 25.6. The molecule has 1 atom stereocenters. The fourth-order valence-electron chi connectivity index (χ4n) is 3.21. The van der Waals surface area contributed by atoms with Gasteiger partial charge in [-0.3, -0.25) is 9.69 Å². The second kappa shape index (κ2) is 4.30. The predicted molar refractivity (Wildman–Crippen MR) is 76.7 cm³/mol. The van der Waals surface area contributed by atoms with Crippen molar-refractivity contribution in [1.29, 1.82) is 0 Å². The molecule has 5 heteroatoms. The Morgan fingerprint density at radius 2 is 2.15 bits per heavy atom. The molecule has 4 rings (SSSR count).